The molecule has 2 aromatic rings. The highest BCUT2D eigenvalue weighted by atomic mass is 14.9. The molecular formula is C28H46N2. The van der Waals surface area contributed by atoms with E-state index in [0.717, 1.165) is 19.0 Å². The summed E-state index contributed by atoms with van der Waals surface area (Å²) in [6.45, 7) is 11.0. The summed E-state index contributed by atoms with van der Waals surface area (Å²) >= 11 is 0. The Balaban J connectivity index is 1.81. The molecule has 1 unspecified atom stereocenters. The van der Waals surface area contributed by atoms with Crippen molar-refractivity contribution < 1.29 is 0 Å². The standard InChI is InChI=1S/C28H46N2/c1-5-8-9-12-16-23(4)17-13-10-11-14-18-24-19-15-20-25-21-27(29-6-2)28(30-7-3)22-26(24)25/h15,19-23,29-30H,5-14,16-18H2,1-4H3. The smallest absolute Gasteiger partial charge is 0.0582 e. The van der Waals surface area contributed by atoms with Crippen LogP contribution in [0.2, 0.25) is 0 Å². The molecule has 2 rings (SSSR count). The molecule has 1 atom stereocenters. The van der Waals surface area contributed by atoms with Gasteiger partial charge in [0.25, 0.3) is 0 Å². The third-order valence-electron chi connectivity index (χ3n) is 6.29. The van der Waals surface area contributed by atoms with Gasteiger partial charge in [0, 0.05) is 13.1 Å². The van der Waals surface area contributed by atoms with Crippen LogP contribution in [0.15, 0.2) is 30.3 Å². The summed E-state index contributed by atoms with van der Waals surface area (Å²) in [6, 6.07) is 11.5. The molecule has 0 aliphatic rings. The van der Waals surface area contributed by atoms with Crippen LogP contribution >= 0.6 is 0 Å². The van der Waals surface area contributed by atoms with E-state index in [2.05, 4.69) is 68.7 Å². The van der Waals surface area contributed by atoms with E-state index in [-0.39, 0.29) is 0 Å². The molecule has 0 aliphatic heterocycles. The summed E-state index contributed by atoms with van der Waals surface area (Å²) < 4.78 is 0. The molecule has 2 N–H and O–H groups in total. The van der Waals surface area contributed by atoms with Crippen molar-refractivity contribution in [3.63, 3.8) is 0 Å². The Bertz CT molecular complexity index is 722. The van der Waals surface area contributed by atoms with E-state index >= 15 is 0 Å². The Morgan fingerprint density at radius 2 is 1.37 bits per heavy atom. The van der Waals surface area contributed by atoms with Crippen LogP contribution in [0.5, 0.6) is 0 Å². The Morgan fingerprint density at radius 1 is 0.733 bits per heavy atom. The predicted molar refractivity (Wildman–Crippen MR) is 137 cm³/mol. The first-order valence-corrected chi connectivity index (χ1v) is 12.7. The normalized spacial score (nSPS) is 12.3. The summed E-state index contributed by atoms with van der Waals surface area (Å²) in [6.07, 6.45) is 15.1. The second kappa shape index (κ2) is 14.3. The zero-order valence-corrected chi connectivity index (χ0v) is 20.2. The zero-order valence-electron chi connectivity index (χ0n) is 20.2. The highest BCUT2D eigenvalue weighted by Gasteiger charge is 2.08. The van der Waals surface area contributed by atoms with Gasteiger partial charge in [-0.15, -0.1) is 0 Å². The van der Waals surface area contributed by atoms with Gasteiger partial charge in [0.15, 0.2) is 0 Å². The van der Waals surface area contributed by atoms with Crippen LogP contribution in [-0.4, -0.2) is 13.1 Å². The van der Waals surface area contributed by atoms with E-state index in [0.29, 0.717) is 0 Å². The summed E-state index contributed by atoms with van der Waals surface area (Å²) in [4.78, 5) is 0. The largest absolute Gasteiger partial charge is 0.384 e. The first-order valence-electron chi connectivity index (χ1n) is 12.7. The Hall–Kier alpha value is -1.70. The third-order valence-corrected chi connectivity index (χ3v) is 6.29. The molecule has 0 heterocycles. The fraction of sp³-hybridized carbons (Fsp3) is 0.643. The monoisotopic (exact) mass is 410 g/mol. The maximum Gasteiger partial charge on any atom is 0.0582 e. The Kier molecular flexibility index (Phi) is 11.7. The van der Waals surface area contributed by atoms with Crippen LogP contribution in [0.1, 0.15) is 97.5 Å². The first kappa shape index (κ1) is 24.6. The number of benzene rings is 2. The maximum absolute atomic E-state index is 3.53. The number of aryl methyl sites for hydroxylation is 1. The molecule has 0 amide bonds. The van der Waals surface area contributed by atoms with Gasteiger partial charge in [-0.2, -0.15) is 0 Å². The molecule has 2 aromatic carbocycles. The lowest BCUT2D eigenvalue weighted by atomic mass is 9.95. The predicted octanol–water partition coefficient (Wildman–Crippen LogP) is 8.80. The molecule has 168 valence electrons. The number of rotatable bonds is 16. The summed E-state index contributed by atoms with van der Waals surface area (Å²) in [5.41, 5.74) is 3.94. The summed E-state index contributed by atoms with van der Waals surface area (Å²) in [5.74, 6) is 0.912. The molecule has 0 saturated heterocycles. The van der Waals surface area contributed by atoms with E-state index in [1.54, 1.807) is 0 Å². The van der Waals surface area contributed by atoms with Crippen molar-refractivity contribution in [2.24, 2.45) is 5.92 Å². The molecule has 30 heavy (non-hydrogen) atoms. The van der Waals surface area contributed by atoms with Crippen molar-refractivity contribution in [2.45, 2.75) is 98.3 Å². The van der Waals surface area contributed by atoms with Crippen molar-refractivity contribution in [2.75, 3.05) is 23.7 Å². The quantitative estimate of drug-likeness (QED) is 0.270. The second-order valence-corrected chi connectivity index (χ2v) is 9.00. The summed E-state index contributed by atoms with van der Waals surface area (Å²) in [7, 11) is 0. The van der Waals surface area contributed by atoms with Crippen LogP contribution in [0.3, 0.4) is 0 Å². The van der Waals surface area contributed by atoms with Gasteiger partial charge in [-0.3, -0.25) is 0 Å². The highest BCUT2D eigenvalue weighted by molar-refractivity contribution is 5.94. The molecule has 0 spiro atoms. The van der Waals surface area contributed by atoms with E-state index in [1.807, 2.05) is 0 Å². The number of nitrogens with one attached hydrogen (secondary N) is 2. The average molecular weight is 411 g/mol. The average Bonchev–Trinajstić information content (AvgIpc) is 2.74. The van der Waals surface area contributed by atoms with Crippen LogP contribution < -0.4 is 10.6 Å². The molecule has 2 heteroatoms. The van der Waals surface area contributed by atoms with Gasteiger partial charge in [0.2, 0.25) is 0 Å². The molecule has 0 aliphatic carbocycles. The second-order valence-electron chi connectivity index (χ2n) is 9.00. The Labute approximate surface area is 186 Å². The number of unbranched alkanes of at least 4 members (excludes halogenated alkanes) is 6. The minimum absolute atomic E-state index is 0.912. The number of hydrogen-bond donors (Lipinski definition) is 2. The number of anilines is 2. The lowest BCUT2D eigenvalue weighted by Gasteiger charge is -2.15. The van der Waals surface area contributed by atoms with Gasteiger partial charge >= 0.3 is 0 Å². The molecule has 0 radical (unpaired) electrons. The molecule has 0 aromatic heterocycles. The minimum Gasteiger partial charge on any atom is -0.384 e. The lowest BCUT2D eigenvalue weighted by molar-refractivity contribution is 0.435. The fourth-order valence-electron chi connectivity index (χ4n) is 4.51. The molecule has 2 nitrogen and oxygen atoms in total. The van der Waals surface area contributed by atoms with Crippen molar-refractivity contribution in [1.29, 1.82) is 0 Å². The summed E-state index contributed by atoms with van der Waals surface area (Å²) in [5, 5.41) is 9.80. The van der Waals surface area contributed by atoms with Crippen molar-refractivity contribution in [1.82, 2.24) is 0 Å². The van der Waals surface area contributed by atoms with Gasteiger partial charge in [-0.1, -0.05) is 89.8 Å². The van der Waals surface area contributed by atoms with Crippen molar-refractivity contribution in [3.05, 3.63) is 35.9 Å². The molecular weight excluding hydrogens is 364 g/mol. The highest BCUT2D eigenvalue weighted by Crippen LogP contribution is 2.31. The SMILES string of the molecule is CCCCCCC(C)CCCCCCc1cccc2cc(NCC)c(NCC)cc12. The molecule has 0 bridgehead atoms. The topological polar surface area (TPSA) is 24.1 Å². The first-order chi connectivity index (χ1) is 14.7. The van der Waals surface area contributed by atoms with Crippen LogP contribution in [-0.2, 0) is 6.42 Å². The van der Waals surface area contributed by atoms with E-state index in [1.165, 1.54) is 98.3 Å². The van der Waals surface area contributed by atoms with Gasteiger partial charge in [0.1, 0.15) is 0 Å². The van der Waals surface area contributed by atoms with Crippen LogP contribution in [0.25, 0.3) is 10.8 Å². The van der Waals surface area contributed by atoms with E-state index in [4.69, 9.17) is 0 Å². The van der Waals surface area contributed by atoms with Crippen LogP contribution in [0, 0.1) is 5.92 Å². The van der Waals surface area contributed by atoms with Crippen molar-refractivity contribution in [3.8, 4) is 0 Å². The zero-order chi connectivity index (χ0) is 21.6. The molecule has 0 saturated carbocycles. The van der Waals surface area contributed by atoms with Crippen LogP contribution in [0.4, 0.5) is 11.4 Å². The lowest BCUT2D eigenvalue weighted by Crippen LogP contribution is -2.04. The van der Waals surface area contributed by atoms with Crippen molar-refractivity contribution >= 4 is 22.1 Å². The van der Waals surface area contributed by atoms with Gasteiger partial charge in [-0.05, 0) is 61.1 Å². The number of hydrogen-bond acceptors (Lipinski definition) is 2. The van der Waals surface area contributed by atoms with E-state index < -0.39 is 0 Å². The van der Waals surface area contributed by atoms with Gasteiger partial charge < -0.3 is 10.6 Å². The fourth-order valence-corrected chi connectivity index (χ4v) is 4.51. The number of fused-ring (bicyclic) bond motifs is 1. The van der Waals surface area contributed by atoms with Gasteiger partial charge in [-0.25, -0.2) is 0 Å². The van der Waals surface area contributed by atoms with Gasteiger partial charge in [0.05, 0.1) is 11.4 Å². The maximum atomic E-state index is 3.53. The van der Waals surface area contributed by atoms with E-state index in [9.17, 15) is 0 Å². The third kappa shape index (κ3) is 8.20. The minimum atomic E-state index is 0.912. The Morgan fingerprint density at radius 3 is 2.03 bits per heavy atom. The molecule has 0 fully saturated rings.